The summed E-state index contributed by atoms with van der Waals surface area (Å²) in [4.78, 5) is 28.6. The first-order valence-corrected chi connectivity index (χ1v) is 8.69. The van der Waals surface area contributed by atoms with Crippen LogP contribution in [0.25, 0.3) is 5.65 Å². The van der Waals surface area contributed by atoms with Crippen LogP contribution in [0, 0.1) is 6.92 Å². The van der Waals surface area contributed by atoms with Crippen LogP contribution in [0.15, 0.2) is 42.6 Å². The highest BCUT2D eigenvalue weighted by Gasteiger charge is 2.24. The summed E-state index contributed by atoms with van der Waals surface area (Å²) in [6.07, 6.45) is 4.24. The number of hydrogen-bond donors (Lipinski definition) is 2. The Labute approximate surface area is 151 Å². The first kappa shape index (κ1) is 16.3. The molecule has 6 heteroatoms. The minimum Gasteiger partial charge on any atom is -0.366 e. The van der Waals surface area contributed by atoms with Crippen molar-refractivity contribution < 1.29 is 9.59 Å². The summed E-state index contributed by atoms with van der Waals surface area (Å²) >= 11 is 0. The number of nitrogens with two attached hydrogens (primary N) is 1. The van der Waals surface area contributed by atoms with E-state index in [4.69, 9.17) is 5.73 Å². The fourth-order valence-electron chi connectivity index (χ4n) is 3.67. The molecule has 2 heterocycles. The monoisotopic (exact) mass is 348 g/mol. The Bertz CT molecular complexity index is 1020. The molecule has 0 saturated carbocycles. The van der Waals surface area contributed by atoms with E-state index in [1.54, 1.807) is 6.07 Å². The summed E-state index contributed by atoms with van der Waals surface area (Å²) in [5, 5.41) is 3.14. The van der Waals surface area contributed by atoms with Gasteiger partial charge < -0.3 is 11.1 Å². The Morgan fingerprint density at radius 3 is 2.88 bits per heavy atom. The van der Waals surface area contributed by atoms with Gasteiger partial charge in [0.05, 0.1) is 5.69 Å². The number of primary amides is 1. The number of pyridine rings is 1. The van der Waals surface area contributed by atoms with Gasteiger partial charge in [0.1, 0.15) is 11.3 Å². The van der Waals surface area contributed by atoms with Crippen molar-refractivity contribution in [2.24, 2.45) is 5.73 Å². The highest BCUT2D eigenvalue weighted by atomic mass is 16.2. The minimum atomic E-state index is -0.411. The Morgan fingerprint density at radius 1 is 1.23 bits per heavy atom. The lowest BCUT2D eigenvalue weighted by Gasteiger charge is -2.26. The topological polar surface area (TPSA) is 89.5 Å². The molecule has 0 saturated heterocycles. The Morgan fingerprint density at radius 2 is 2.08 bits per heavy atom. The number of aromatic nitrogens is 2. The minimum absolute atomic E-state index is 0.0584. The fraction of sp³-hybridized carbons (Fsp3) is 0.250. The molecule has 1 unspecified atom stereocenters. The molecule has 6 nitrogen and oxygen atoms in total. The summed E-state index contributed by atoms with van der Waals surface area (Å²) in [7, 11) is 0. The van der Waals surface area contributed by atoms with Crippen molar-refractivity contribution >= 4 is 17.5 Å². The van der Waals surface area contributed by atoms with Gasteiger partial charge in [-0.05, 0) is 61.6 Å². The molecule has 3 N–H and O–H groups in total. The lowest BCUT2D eigenvalue weighted by atomic mass is 9.87. The van der Waals surface area contributed by atoms with Crippen molar-refractivity contribution in [1.29, 1.82) is 0 Å². The van der Waals surface area contributed by atoms with Crippen molar-refractivity contribution in [1.82, 2.24) is 14.7 Å². The number of nitrogens with zero attached hydrogens (tertiary/aromatic N) is 2. The Balaban J connectivity index is 1.54. The molecule has 26 heavy (non-hydrogen) atoms. The lowest BCUT2D eigenvalue weighted by Crippen LogP contribution is -2.39. The standard InChI is InChI=1S/C20H20N4O2/c1-12-18(24-9-3-2-4-17(24)22-12)20(26)23-16-8-7-13-10-15(19(21)25)6-5-14(13)11-16/h2-6,9-10,16H,7-8,11H2,1H3,(H2,21,25)(H,23,26). The molecule has 2 amide bonds. The zero-order valence-electron chi connectivity index (χ0n) is 14.5. The van der Waals surface area contributed by atoms with Crippen LogP contribution in [0.2, 0.25) is 0 Å². The highest BCUT2D eigenvalue weighted by molar-refractivity contribution is 5.95. The van der Waals surface area contributed by atoms with Gasteiger partial charge in [-0.3, -0.25) is 14.0 Å². The van der Waals surface area contributed by atoms with E-state index < -0.39 is 5.91 Å². The number of carbonyl (C=O) groups is 2. The summed E-state index contributed by atoms with van der Waals surface area (Å²) < 4.78 is 1.82. The van der Waals surface area contributed by atoms with Gasteiger partial charge in [0.15, 0.2) is 0 Å². The van der Waals surface area contributed by atoms with Gasteiger partial charge in [-0.25, -0.2) is 4.98 Å². The van der Waals surface area contributed by atoms with Gasteiger partial charge in [-0.15, -0.1) is 0 Å². The molecule has 132 valence electrons. The number of amides is 2. The smallest absolute Gasteiger partial charge is 0.270 e. The second-order valence-corrected chi connectivity index (χ2v) is 6.74. The molecule has 1 aromatic carbocycles. The largest absolute Gasteiger partial charge is 0.366 e. The second-order valence-electron chi connectivity index (χ2n) is 6.74. The van der Waals surface area contributed by atoms with E-state index in [9.17, 15) is 9.59 Å². The van der Waals surface area contributed by atoms with E-state index >= 15 is 0 Å². The van der Waals surface area contributed by atoms with Crippen LogP contribution in [-0.2, 0) is 12.8 Å². The average Bonchev–Trinajstić information content (AvgIpc) is 2.96. The van der Waals surface area contributed by atoms with Gasteiger partial charge in [0, 0.05) is 17.8 Å². The van der Waals surface area contributed by atoms with Crippen molar-refractivity contribution in [3.05, 3.63) is 70.7 Å². The molecule has 0 fully saturated rings. The number of benzene rings is 1. The first-order chi connectivity index (χ1) is 12.5. The molecule has 0 spiro atoms. The third kappa shape index (κ3) is 2.83. The van der Waals surface area contributed by atoms with Crippen molar-refractivity contribution in [3.63, 3.8) is 0 Å². The van der Waals surface area contributed by atoms with Gasteiger partial charge in [-0.1, -0.05) is 12.1 Å². The van der Waals surface area contributed by atoms with Crippen LogP contribution in [0.5, 0.6) is 0 Å². The zero-order valence-corrected chi connectivity index (χ0v) is 14.5. The second kappa shape index (κ2) is 6.29. The fourth-order valence-corrected chi connectivity index (χ4v) is 3.67. The molecule has 0 aliphatic heterocycles. The maximum atomic E-state index is 12.8. The maximum Gasteiger partial charge on any atom is 0.270 e. The van der Waals surface area contributed by atoms with E-state index in [0.29, 0.717) is 11.3 Å². The van der Waals surface area contributed by atoms with E-state index in [1.807, 2.05) is 47.9 Å². The molecule has 3 aromatic rings. The Kier molecular flexibility index (Phi) is 3.95. The molecular formula is C20H20N4O2. The van der Waals surface area contributed by atoms with Crippen LogP contribution >= 0.6 is 0 Å². The number of rotatable bonds is 3. The maximum absolute atomic E-state index is 12.8. The number of carbonyl (C=O) groups excluding carboxylic acids is 2. The number of aryl methyl sites for hydroxylation is 2. The van der Waals surface area contributed by atoms with E-state index in [0.717, 1.165) is 41.7 Å². The molecule has 0 radical (unpaired) electrons. The first-order valence-electron chi connectivity index (χ1n) is 8.69. The van der Waals surface area contributed by atoms with Crippen LogP contribution in [0.1, 0.15) is 44.1 Å². The molecular weight excluding hydrogens is 328 g/mol. The number of hydrogen-bond acceptors (Lipinski definition) is 3. The number of nitrogens with one attached hydrogen (secondary N) is 1. The SMILES string of the molecule is Cc1nc2ccccn2c1C(=O)NC1CCc2cc(C(N)=O)ccc2C1. The molecule has 1 aliphatic carbocycles. The van der Waals surface area contributed by atoms with Crippen LogP contribution in [0.4, 0.5) is 0 Å². The summed E-state index contributed by atoms with van der Waals surface area (Å²) in [6.45, 7) is 1.85. The normalized spacial score (nSPS) is 16.3. The van der Waals surface area contributed by atoms with Crippen molar-refractivity contribution in [2.45, 2.75) is 32.2 Å². The summed E-state index contributed by atoms with van der Waals surface area (Å²) in [5.74, 6) is -0.519. The highest BCUT2D eigenvalue weighted by Crippen LogP contribution is 2.23. The van der Waals surface area contributed by atoms with Crippen molar-refractivity contribution in [3.8, 4) is 0 Å². The van der Waals surface area contributed by atoms with E-state index in [-0.39, 0.29) is 11.9 Å². The van der Waals surface area contributed by atoms with Gasteiger partial charge in [0.2, 0.25) is 5.91 Å². The van der Waals surface area contributed by atoms with Crippen LogP contribution < -0.4 is 11.1 Å². The number of fused-ring (bicyclic) bond motifs is 2. The molecule has 4 rings (SSSR count). The van der Waals surface area contributed by atoms with Gasteiger partial charge in [-0.2, -0.15) is 0 Å². The molecule has 2 aromatic heterocycles. The summed E-state index contributed by atoms with van der Waals surface area (Å²) in [6, 6.07) is 11.3. The zero-order chi connectivity index (χ0) is 18.3. The Hall–Kier alpha value is -3.15. The molecule has 0 bridgehead atoms. The van der Waals surface area contributed by atoms with Crippen LogP contribution in [-0.4, -0.2) is 27.2 Å². The van der Waals surface area contributed by atoms with Gasteiger partial charge >= 0.3 is 0 Å². The third-order valence-corrected chi connectivity index (χ3v) is 4.97. The third-order valence-electron chi connectivity index (χ3n) is 4.97. The molecule has 1 aliphatic rings. The predicted molar refractivity (Wildman–Crippen MR) is 98.2 cm³/mol. The van der Waals surface area contributed by atoms with E-state index in [2.05, 4.69) is 10.3 Å². The summed E-state index contributed by atoms with van der Waals surface area (Å²) in [5.41, 5.74) is 10.2. The lowest BCUT2D eigenvalue weighted by molar-refractivity contribution is 0.0926. The average molecular weight is 348 g/mol. The quantitative estimate of drug-likeness (QED) is 0.759. The number of imidazole rings is 1. The van der Waals surface area contributed by atoms with Gasteiger partial charge in [0.25, 0.3) is 5.91 Å². The van der Waals surface area contributed by atoms with Crippen molar-refractivity contribution in [2.75, 3.05) is 0 Å². The van der Waals surface area contributed by atoms with E-state index in [1.165, 1.54) is 0 Å². The predicted octanol–water partition coefficient (Wildman–Crippen LogP) is 2.03. The molecule has 1 atom stereocenters. The van der Waals surface area contributed by atoms with Crippen LogP contribution in [0.3, 0.4) is 0 Å².